The zero-order valence-electron chi connectivity index (χ0n) is 17.2. The van der Waals surface area contributed by atoms with Crippen LogP contribution in [-0.4, -0.2) is 0 Å². The van der Waals surface area contributed by atoms with Crippen molar-refractivity contribution in [1.29, 1.82) is 0 Å². The van der Waals surface area contributed by atoms with Crippen LogP contribution in [0.4, 0.5) is 11.4 Å². The molecule has 0 aromatic heterocycles. The number of hydrogen-bond acceptors (Lipinski definition) is 2. The molecule has 2 nitrogen and oxygen atoms in total. The van der Waals surface area contributed by atoms with Crippen molar-refractivity contribution >= 4 is 11.4 Å². The molecular formula is C28H28N2. The van der Waals surface area contributed by atoms with Gasteiger partial charge >= 0.3 is 0 Å². The average molecular weight is 393 g/mol. The smallest absolute Gasteiger partial charge is 0.0314 e. The van der Waals surface area contributed by atoms with Crippen LogP contribution in [0.5, 0.6) is 0 Å². The lowest BCUT2D eigenvalue weighted by atomic mass is 9.99. The Kier molecular flexibility index (Phi) is 6.14. The van der Waals surface area contributed by atoms with Crippen LogP contribution in [-0.2, 0) is 25.7 Å². The molecule has 150 valence electrons. The van der Waals surface area contributed by atoms with Crippen molar-refractivity contribution in [3.8, 4) is 0 Å². The summed E-state index contributed by atoms with van der Waals surface area (Å²) in [7, 11) is 0. The van der Waals surface area contributed by atoms with E-state index in [-0.39, 0.29) is 0 Å². The summed E-state index contributed by atoms with van der Waals surface area (Å²) < 4.78 is 0. The maximum absolute atomic E-state index is 5.76. The SMILES string of the molecule is Nc1ccc(Cc2ccc(CCc3ccc(Cc4ccc(N)cc4)cc3)cc2)cc1. The third-order valence-electron chi connectivity index (χ3n) is 5.52. The maximum atomic E-state index is 5.76. The van der Waals surface area contributed by atoms with Gasteiger partial charge in [-0.1, -0.05) is 72.8 Å². The zero-order valence-corrected chi connectivity index (χ0v) is 17.2. The number of rotatable bonds is 7. The Balaban J connectivity index is 1.29. The van der Waals surface area contributed by atoms with E-state index in [2.05, 4.69) is 72.8 Å². The Bertz CT molecular complexity index is 971. The van der Waals surface area contributed by atoms with Crippen molar-refractivity contribution in [2.45, 2.75) is 25.7 Å². The van der Waals surface area contributed by atoms with Gasteiger partial charge in [0.15, 0.2) is 0 Å². The fourth-order valence-corrected chi connectivity index (χ4v) is 3.68. The highest BCUT2D eigenvalue weighted by molar-refractivity contribution is 5.42. The highest BCUT2D eigenvalue weighted by atomic mass is 14.5. The molecule has 0 radical (unpaired) electrons. The van der Waals surface area contributed by atoms with Crippen molar-refractivity contribution in [1.82, 2.24) is 0 Å². The third-order valence-corrected chi connectivity index (χ3v) is 5.52. The van der Waals surface area contributed by atoms with Gasteiger partial charge in [0, 0.05) is 11.4 Å². The van der Waals surface area contributed by atoms with Gasteiger partial charge in [0.1, 0.15) is 0 Å². The summed E-state index contributed by atoms with van der Waals surface area (Å²) in [5, 5.41) is 0. The Morgan fingerprint density at radius 3 is 0.867 bits per heavy atom. The van der Waals surface area contributed by atoms with Gasteiger partial charge in [-0.15, -0.1) is 0 Å². The monoisotopic (exact) mass is 392 g/mol. The van der Waals surface area contributed by atoms with Crippen LogP contribution in [0.25, 0.3) is 0 Å². The van der Waals surface area contributed by atoms with Gasteiger partial charge in [-0.2, -0.15) is 0 Å². The average Bonchev–Trinajstić information content (AvgIpc) is 2.77. The normalized spacial score (nSPS) is 10.8. The molecule has 0 heterocycles. The van der Waals surface area contributed by atoms with Gasteiger partial charge in [-0.25, -0.2) is 0 Å². The van der Waals surface area contributed by atoms with Crippen LogP contribution in [0, 0.1) is 0 Å². The lowest BCUT2D eigenvalue weighted by molar-refractivity contribution is 0.956. The van der Waals surface area contributed by atoms with E-state index in [0.29, 0.717) is 0 Å². The van der Waals surface area contributed by atoms with Gasteiger partial charge in [0.25, 0.3) is 0 Å². The summed E-state index contributed by atoms with van der Waals surface area (Å²) in [4.78, 5) is 0. The fourth-order valence-electron chi connectivity index (χ4n) is 3.68. The molecule has 0 atom stereocenters. The molecule has 0 aliphatic carbocycles. The summed E-state index contributed by atoms with van der Waals surface area (Å²) in [5.41, 5.74) is 21.1. The second kappa shape index (κ2) is 9.32. The van der Waals surface area contributed by atoms with Gasteiger partial charge < -0.3 is 11.5 Å². The van der Waals surface area contributed by atoms with Crippen LogP contribution >= 0.6 is 0 Å². The number of nitrogens with two attached hydrogens (primary N) is 2. The minimum absolute atomic E-state index is 0.812. The van der Waals surface area contributed by atoms with E-state index in [9.17, 15) is 0 Å². The summed E-state index contributed by atoms with van der Waals surface area (Å²) >= 11 is 0. The minimum Gasteiger partial charge on any atom is -0.399 e. The molecule has 30 heavy (non-hydrogen) atoms. The second-order valence-corrected chi connectivity index (χ2v) is 7.97. The molecule has 0 amide bonds. The molecule has 0 aliphatic rings. The van der Waals surface area contributed by atoms with Crippen molar-refractivity contribution < 1.29 is 0 Å². The second-order valence-electron chi connectivity index (χ2n) is 7.97. The first-order valence-corrected chi connectivity index (χ1v) is 10.5. The molecule has 2 heteroatoms. The maximum Gasteiger partial charge on any atom is 0.0314 e. The van der Waals surface area contributed by atoms with E-state index in [1.807, 2.05) is 24.3 Å². The molecule has 4 aromatic carbocycles. The van der Waals surface area contributed by atoms with E-state index >= 15 is 0 Å². The van der Waals surface area contributed by atoms with E-state index < -0.39 is 0 Å². The Morgan fingerprint density at radius 1 is 0.333 bits per heavy atom. The van der Waals surface area contributed by atoms with Gasteiger partial charge in [-0.05, 0) is 83.3 Å². The number of benzene rings is 4. The van der Waals surface area contributed by atoms with Crippen LogP contribution in [0.3, 0.4) is 0 Å². The summed E-state index contributed by atoms with van der Waals surface area (Å²) in [6.45, 7) is 0. The number of hydrogen-bond donors (Lipinski definition) is 2. The highest BCUT2D eigenvalue weighted by Crippen LogP contribution is 2.16. The van der Waals surface area contributed by atoms with Crippen LogP contribution in [0.2, 0.25) is 0 Å². The summed E-state index contributed by atoms with van der Waals surface area (Å²) in [6.07, 6.45) is 3.99. The molecule has 4 rings (SSSR count). The molecule has 0 saturated heterocycles. The molecule has 4 aromatic rings. The largest absolute Gasteiger partial charge is 0.399 e. The molecule has 0 bridgehead atoms. The molecule has 0 saturated carbocycles. The van der Waals surface area contributed by atoms with Crippen molar-refractivity contribution in [3.05, 3.63) is 130 Å². The van der Waals surface area contributed by atoms with Gasteiger partial charge in [0.05, 0.1) is 0 Å². The van der Waals surface area contributed by atoms with Gasteiger partial charge in [-0.3, -0.25) is 0 Å². The first kappa shape index (κ1) is 19.8. The van der Waals surface area contributed by atoms with Crippen molar-refractivity contribution in [2.24, 2.45) is 0 Å². The number of nitrogen functional groups attached to an aromatic ring is 2. The van der Waals surface area contributed by atoms with Crippen LogP contribution < -0.4 is 11.5 Å². The minimum atomic E-state index is 0.812. The van der Waals surface area contributed by atoms with E-state index in [0.717, 1.165) is 37.1 Å². The molecule has 4 N–H and O–H groups in total. The van der Waals surface area contributed by atoms with E-state index in [4.69, 9.17) is 11.5 Å². The molecular weight excluding hydrogens is 364 g/mol. The summed E-state index contributed by atoms with van der Waals surface area (Å²) in [6, 6.07) is 34.2. The number of aryl methyl sites for hydroxylation is 2. The van der Waals surface area contributed by atoms with Gasteiger partial charge in [0.2, 0.25) is 0 Å². The predicted octanol–water partition coefficient (Wildman–Crippen LogP) is 5.82. The standard InChI is InChI=1S/C28H28N2/c29-27-15-11-25(12-16-27)19-23-7-3-21(4-8-23)1-2-22-5-9-24(10-6-22)20-26-13-17-28(30)18-14-26/h3-18H,1-2,19-20,29-30H2. The Morgan fingerprint density at radius 2 is 0.567 bits per heavy atom. The van der Waals surface area contributed by atoms with Crippen LogP contribution in [0.1, 0.15) is 33.4 Å². The third kappa shape index (κ3) is 5.51. The molecule has 0 aliphatic heterocycles. The van der Waals surface area contributed by atoms with Crippen molar-refractivity contribution in [3.63, 3.8) is 0 Å². The summed E-state index contributed by atoms with van der Waals surface area (Å²) in [5.74, 6) is 0. The van der Waals surface area contributed by atoms with E-state index in [1.54, 1.807) is 0 Å². The van der Waals surface area contributed by atoms with Crippen LogP contribution in [0.15, 0.2) is 97.1 Å². The van der Waals surface area contributed by atoms with Crippen molar-refractivity contribution in [2.75, 3.05) is 11.5 Å². The molecule has 0 unspecified atom stereocenters. The predicted molar refractivity (Wildman–Crippen MR) is 128 cm³/mol. The highest BCUT2D eigenvalue weighted by Gasteiger charge is 2.01. The molecule has 0 fully saturated rings. The first-order valence-electron chi connectivity index (χ1n) is 10.5. The Hall–Kier alpha value is -3.52. The van der Waals surface area contributed by atoms with E-state index in [1.165, 1.54) is 33.4 Å². The lowest BCUT2D eigenvalue weighted by Crippen LogP contribution is -1.94. The molecule has 0 spiro atoms. The zero-order chi connectivity index (χ0) is 20.8. The first-order chi connectivity index (χ1) is 14.6. The quantitative estimate of drug-likeness (QED) is 0.390. The lowest BCUT2D eigenvalue weighted by Gasteiger charge is -2.07. The topological polar surface area (TPSA) is 52.0 Å². The number of anilines is 2. The fraction of sp³-hybridized carbons (Fsp3) is 0.143. The Labute approximate surface area is 179 Å².